The number of benzene rings is 1. The maximum atomic E-state index is 12.6. The fourth-order valence-electron chi connectivity index (χ4n) is 3.51. The molecule has 8 nitrogen and oxygen atoms in total. The molecule has 2 aliphatic rings. The predicted molar refractivity (Wildman–Crippen MR) is 90.9 cm³/mol. The third-order valence-electron chi connectivity index (χ3n) is 4.84. The molecule has 132 valence electrons. The van der Waals surface area contributed by atoms with Gasteiger partial charge in [0.2, 0.25) is 5.82 Å². The number of nitrogens with zero attached hydrogens (tertiary/aromatic N) is 5. The van der Waals surface area contributed by atoms with Crippen molar-refractivity contribution in [1.29, 1.82) is 0 Å². The van der Waals surface area contributed by atoms with Crippen molar-refractivity contribution in [3.05, 3.63) is 24.3 Å². The van der Waals surface area contributed by atoms with Crippen LogP contribution in [-0.4, -0.2) is 62.8 Å². The highest BCUT2D eigenvalue weighted by Gasteiger charge is 2.37. The van der Waals surface area contributed by atoms with Gasteiger partial charge in [-0.25, -0.2) is 0 Å². The van der Waals surface area contributed by atoms with Crippen molar-refractivity contribution in [3.8, 4) is 17.1 Å². The Morgan fingerprint density at radius 1 is 1.16 bits per heavy atom. The summed E-state index contributed by atoms with van der Waals surface area (Å²) in [7, 11) is 1.73. The molecular formula is C17H22N6O2. The molecule has 0 spiro atoms. The van der Waals surface area contributed by atoms with Gasteiger partial charge in [0, 0.05) is 24.6 Å². The molecule has 2 saturated heterocycles. The Hall–Kier alpha value is -2.48. The second-order valence-corrected chi connectivity index (χ2v) is 6.53. The zero-order chi connectivity index (χ0) is 17.2. The van der Waals surface area contributed by atoms with E-state index in [2.05, 4.69) is 20.7 Å². The number of ether oxygens (including phenoxy) is 1. The highest BCUT2D eigenvalue weighted by Crippen LogP contribution is 2.25. The molecule has 4 rings (SSSR count). The van der Waals surface area contributed by atoms with Gasteiger partial charge in [-0.1, -0.05) is 0 Å². The third kappa shape index (κ3) is 3.34. The van der Waals surface area contributed by atoms with Crippen molar-refractivity contribution < 1.29 is 9.53 Å². The molecule has 0 radical (unpaired) electrons. The molecule has 1 unspecified atom stereocenters. The van der Waals surface area contributed by atoms with Crippen LogP contribution in [0.5, 0.6) is 5.75 Å². The van der Waals surface area contributed by atoms with E-state index in [4.69, 9.17) is 4.74 Å². The topological polar surface area (TPSA) is 85.2 Å². The Morgan fingerprint density at radius 2 is 1.92 bits per heavy atom. The van der Waals surface area contributed by atoms with E-state index < -0.39 is 0 Å². The van der Waals surface area contributed by atoms with Crippen LogP contribution in [0.15, 0.2) is 24.3 Å². The van der Waals surface area contributed by atoms with E-state index in [-0.39, 0.29) is 12.0 Å². The Morgan fingerprint density at radius 3 is 2.60 bits per heavy atom. The van der Waals surface area contributed by atoms with Gasteiger partial charge in [-0.2, -0.15) is 4.80 Å². The lowest BCUT2D eigenvalue weighted by molar-refractivity contribution is -0.135. The van der Waals surface area contributed by atoms with Crippen LogP contribution in [0, 0.1) is 0 Å². The maximum Gasteiger partial charge on any atom is 0.263 e. The van der Waals surface area contributed by atoms with E-state index in [1.165, 1.54) is 4.80 Å². The SMILES string of the molecule is Cn1nnc(-c2ccc(OC3CCN(C4CCNCC4)C3=O)cc2)n1. The number of aryl methyl sites for hydroxylation is 1. The van der Waals surface area contributed by atoms with Gasteiger partial charge < -0.3 is 15.0 Å². The van der Waals surface area contributed by atoms with E-state index >= 15 is 0 Å². The summed E-state index contributed by atoms with van der Waals surface area (Å²) in [5, 5.41) is 15.3. The Balaban J connectivity index is 1.39. The normalized spacial score (nSPS) is 21.7. The molecule has 0 aliphatic carbocycles. The average molecular weight is 342 g/mol. The van der Waals surface area contributed by atoms with Crippen LogP contribution in [0.2, 0.25) is 0 Å². The predicted octanol–water partition coefficient (Wildman–Crippen LogP) is 0.609. The van der Waals surface area contributed by atoms with Crippen molar-refractivity contribution in [2.75, 3.05) is 19.6 Å². The maximum absolute atomic E-state index is 12.6. The lowest BCUT2D eigenvalue weighted by Gasteiger charge is -2.31. The van der Waals surface area contributed by atoms with Crippen molar-refractivity contribution in [2.45, 2.75) is 31.4 Å². The van der Waals surface area contributed by atoms with Gasteiger partial charge in [0.25, 0.3) is 5.91 Å². The fourth-order valence-corrected chi connectivity index (χ4v) is 3.51. The van der Waals surface area contributed by atoms with Crippen molar-refractivity contribution in [1.82, 2.24) is 30.4 Å². The molecule has 1 aromatic carbocycles. The molecule has 1 atom stereocenters. The molecule has 2 aromatic rings. The number of hydrogen-bond donors (Lipinski definition) is 1. The molecule has 3 heterocycles. The number of nitrogens with one attached hydrogen (secondary N) is 1. The average Bonchev–Trinajstić information content (AvgIpc) is 3.23. The quantitative estimate of drug-likeness (QED) is 0.876. The van der Waals surface area contributed by atoms with E-state index in [1.54, 1.807) is 7.05 Å². The summed E-state index contributed by atoms with van der Waals surface area (Å²) < 4.78 is 5.94. The number of carbonyl (C=O) groups excluding carboxylic acids is 1. The van der Waals surface area contributed by atoms with Gasteiger partial charge in [0.05, 0.1) is 7.05 Å². The fraction of sp³-hybridized carbons (Fsp3) is 0.529. The van der Waals surface area contributed by atoms with Crippen LogP contribution in [0.4, 0.5) is 0 Å². The van der Waals surface area contributed by atoms with Gasteiger partial charge in [0.15, 0.2) is 6.10 Å². The van der Waals surface area contributed by atoms with Gasteiger partial charge in [-0.3, -0.25) is 4.79 Å². The summed E-state index contributed by atoms with van der Waals surface area (Å²) in [6.45, 7) is 2.76. The number of amides is 1. The molecule has 2 aliphatic heterocycles. The molecule has 1 N–H and O–H groups in total. The summed E-state index contributed by atoms with van der Waals surface area (Å²) in [5.41, 5.74) is 0.870. The number of carbonyl (C=O) groups is 1. The summed E-state index contributed by atoms with van der Waals surface area (Å²) >= 11 is 0. The third-order valence-corrected chi connectivity index (χ3v) is 4.84. The summed E-state index contributed by atoms with van der Waals surface area (Å²) in [6.07, 6.45) is 2.42. The first-order valence-corrected chi connectivity index (χ1v) is 8.73. The minimum atomic E-state index is -0.379. The largest absolute Gasteiger partial charge is 0.481 e. The van der Waals surface area contributed by atoms with Crippen LogP contribution >= 0.6 is 0 Å². The summed E-state index contributed by atoms with van der Waals surface area (Å²) in [4.78, 5) is 16.1. The van der Waals surface area contributed by atoms with Crippen molar-refractivity contribution in [2.24, 2.45) is 7.05 Å². The Labute approximate surface area is 146 Å². The number of tetrazole rings is 1. The monoisotopic (exact) mass is 342 g/mol. The Bertz CT molecular complexity index is 738. The molecule has 8 heteroatoms. The molecule has 1 aromatic heterocycles. The lowest BCUT2D eigenvalue weighted by Crippen LogP contribution is -2.45. The minimum absolute atomic E-state index is 0.117. The van der Waals surface area contributed by atoms with Crippen LogP contribution in [0.3, 0.4) is 0 Å². The van der Waals surface area contributed by atoms with Gasteiger partial charge in [-0.15, -0.1) is 10.2 Å². The van der Waals surface area contributed by atoms with Crippen molar-refractivity contribution in [3.63, 3.8) is 0 Å². The number of hydrogen-bond acceptors (Lipinski definition) is 6. The highest BCUT2D eigenvalue weighted by atomic mass is 16.5. The first kappa shape index (κ1) is 16.0. The smallest absolute Gasteiger partial charge is 0.263 e. The van der Waals surface area contributed by atoms with Crippen LogP contribution in [-0.2, 0) is 11.8 Å². The van der Waals surface area contributed by atoms with Gasteiger partial charge in [0.1, 0.15) is 5.75 Å². The van der Waals surface area contributed by atoms with E-state index in [0.717, 1.165) is 44.5 Å². The first-order valence-electron chi connectivity index (χ1n) is 8.73. The standard InChI is InChI=1S/C17H22N6O2/c1-22-20-16(19-21-22)12-2-4-14(5-3-12)25-15-8-11-23(17(15)24)13-6-9-18-10-7-13/h2-5,13,15,18H,6-11H2,1H3. The van der Waals surface area contributed by atoms with Gasteiger partial charge >= 0.3 is 0 Å². The number of piperidine rings is 1. The number of aromatic nitrogens is 4. The highest BCUT2D eigenvalue weighted by molar-refractivity contribution is 5.83. The molecule has 0 saturated carbocycles. The Kier molecular flexibility index (Phi) is 4.35. The molecule has 0 bridgehead atoms. The lowest BCUT2D eigenvalue weighted by atomic mass is 10.1. The second kappa shape index (κ2) is 6.79. The molecule has 1 amide bonds. The number of rotatable bonds is 4. The molecule has 2 fully saturated rings. The van der Waals surface area contributed by atoms with E-state index in [1.807, 2.05) is 29.2 Å². The zero-order valence-corrected chi connectivity index (χ0v) is 14.3. The van der Waals surface area contributed by atoms with E-state index in [0.29, 0.717) is 17.6 Å². The van der Waals surface area contributed by atoms with Crippen LogP contribution in [0.25, 0.3) is 11.4 Å². The second-order valence-electron chi connectivity index (χ2n) is 6.53. The zero-order valence-electron chi connectivity index (χ0n) is 14.3. The summed E-state index contributed by atoms with van der Waals surface area (Å²) in [6, 6.07) is 7.83. The van der Waals surface area contributed by atoms with E-state index in [9.17, 15) is 4.79 Å². The number of likely N-dealkylation sites (tertiary alicyclic amines) is 1. The molecular weight excluding hydrogens is 320 g/mol. The first-order chi connectivity index (χ1) is 12.2. The van der Waals surface area contributed by atoms with Crippen LogP contribution in [0.1, 0.15) is 19.3 Å². The van der Waals surface area contributed by atoms with Gasteiger partial charge in [-0.05, 0) is 55.4 Å². The summed E-state index contributed by atoms with van der Waals surface area (Å²) in [5.74, 6) is 1.38. The van der Waals surface area contributed by atoms with Crippen LogP contribution < -0.4 is 10.1 Å². The minimum Gasteiger partial charge on any atom is -0.481 e. The van der Waals surface area contributed by atoms with Crippen molar-refractivity contribution >= 4 is 5.91 Å². The molecule has 25 heavy (non-hydrogen) atoms.